The molecule has 0 N–H and O–H groups in total. The van der Waals surface area contributed by atoms with E-state index in [-0.39, 0.29) is 13.2 Å². The fourth-order valence-corrected chi connectivity index (χ4v) is 7.20. The molecular weight excluding hydrogens is 741 g/mol. The first-order valence-electron chi connectivity index (χ1n) is 20.3. The van der Waals surface area contributed by atoms with Gasteiger partial charge in [0.1, 0.15) is 36.8 Å². The van der Waals surface area contributed by atoms with E-state index in [1.54, 1.807) is 19.1 Å². The van der Waals surface area contributed by atoms with Gasteiger partial charge >= 0.3 is 5.97 Å². The maximum atomic E-state index is 13.0. The minimum absolute atomic E-state index is 0.251. The van der Waals surface area contributed by atoms with Crippen LogP contribution in [0.4, 0.5) is 0 Å². The van der Waals surface area contributed by atoms with Gasteiger partial charge in [0.25, 0.3) is 0 Å². The Morgan fingerprint density at radius 1 is 0.508 bits per heavy atom. The summed E-state index contributed by atoms with van der Waals surface area (Å²) in [4.78, 5) is 13.0. The number of hydrogen-bond donors (Lipinski definition) is 0. The molecule has 0 saturated carbocycles. The van der Waals surface area contributed by atoms with Crippen molar-refractivity contribution in [1.29, 1.82) is 0 Å². The Morgan fingerprint density at radius 3 is 1.44 bits per heavy atom. The van der Waals surface area contributed by atoms with E-state index in [1.165, 1.54) is 0 Å². The van der Waals surface area contributed by atoms with Crippen molar-refractivity contribution in [3.63, 3.8) is 0 Å². The molecule has 0 amide bonds. The lowest BCUT2D eigenvalue weighted by molar-refractivity contribution is -0.272. The van der Waals surface area contributed by atoms with Gasteiger partial charge in [-0.2, -0.15) is 0 Å². The smallest absolute Gasteiger partial charge is 0.338 e. The second-order valence-electron chi connectivity index (χ2n) is 14.5. The van der Waals surface area contributed by atoms with Crippen LogP contribution in [0.3, 0.4) is 0 Å². The van der Waals surface area contributed by atoms with Gasteiger partial charge in [-0.3, -0.25) is 0 Å². The summed E-state index contributed by atoms with van der Waals surface area (Å²) in [5, 5.41) is 0. The fraction of sp³-hybridized carbons (Fsp3) is 0.275. The van der Waals surface area contributed by atoms with Gasteiger partial charge in [-0.25, -0.2) is 4.79 Å². The zero-order valence-corrected chi connectivity index (χ0v) is 33.5. The lowest BCUT2D eigenvalue weighted by atomic mass is 9.90. The third-order valence-electron chi connectivity index (χ3n) is 10.2. The van der Waals surface area contributed by atoms with Crippen LogP contribution >= 0.6 is 0 Å². The van der Waals surface area contributed by atoms with E-state index in [1.807, 2.05) is 146 Å². The Balaban J connectivity index is 1.25. The van der Waals surface area contributed by atoms with E-state index in [4.69, 9.17) is 33.2 Å². The first-order chi connectivity index (χ1) is 29.1. The van der Waals surface area contributed by atoms with Crippen molar-refractivity contribution in [2.45, 2.75) is 76.9 Å². The molecule has 0 unspecified atom stereocenters. The Bertz CT molecular complexity index is 2120. The van der Waals surface area contributed by atoms with Crippen molar-refractivity contribution in [3.05, 3.63) is 209 Å². The zero-order chi connectivity index (χ0) is 40.5. The van der Waals surface area contributed by atoms with Gasteiger partial charge in [-0.05, 0) is 52.4 Å². The zero-order valence-electron chi connectivity index (χ0n) is 33.5. The second kappa shape index (κ2) is 22.0. The molecule has 0 bridgehead atoms. The molecular formula is C51H52O8. The first kappa shape index (κ1) is 41.5. The maximum Gasteiger partial charge on any atom is 0.338 e. The van der Waals surface area contributed by atoms with Gasteiger partial charge in [0.05, 0.1) is 51.3 Å². The molecule has 0 radical (unpaired) electrons. The summed E-state index contributed by atoms with van der Waals surface area (Å²) in [6.45, 7) is 4.05. The van der Waals surface area contributed by atoms with Crippen LogP contribution in [0.1, 0.15) is 50.7 Å². The van der Waals surface area contributed by atoms with Crippen LogP contribution in [0.2, 0.25) is 0 Å². The Hall–Kier alpha value is -5.61. The molecule has 6 aromatic carbocycles. The van der Waals surface area contributed by atoms with Gasteiger partial charge in [0.15, 0.2) is 0 Å². The van der Waals surface area contributed by atoms with E-state index >= 15 is 0 Å². The summed E-state index contributed by atoms with van der Waals surface area (Å²) in [6, 6.07) is 55.8. The van der Waals surface area contributed by atoms with Crippen molar-refractivity contribution in [2.24, 2.45) is 0 Å². The first-order valence-corrected chi connectivity index (χ1v) is 20.3. The molecule has 0 aliphatic carbocycles. The number of carbonyl (C=O) groups excluding carboxylic acids is 1. The van der Waals surface area contributed by atoms with Crippen LogP contribution in [0.5, 0.6) is 5.75 Å². The van der Waals surface area contributed by atoms with Gasteiger partial charge < -0.3 is 33.2 Å². The number of benzene rings is 6. The largest absolute Gasteiger partial charge is 0.489 e. The van der Waals surface area contributed by atoms with E-state index < -0.39 is 36.5 Å². The van der Waals surface area contributed by atoms with Crippen molar-refractivity contribution >= 4 is 5.97 Å². The predicted octanol–water partition coefficient (Wildman–Crippen LogP) is 9.73. The molecule has 1 aliphatic heterocycles. The minimum Gasteiger partial charge on any atom is -0.489 e. The summed E-state index contributed by atoms with van der Waals surface area (Å²) < 4.78 is 46.2. The molecule has 59 heavy (non-hydrogen) atoms. The average molecular weight is 793 g/mol. The highest BCUT2D eigenvalue weighted by Crippen LogP contribution is 2.35. The number of esters is 1. The van der Waals surface area contributed by atoms with E-state index in [0.717, 1.165) is 33.4 Å². The van der Waals surface area contributed by atoms with Crippen LogP contribution in [0.25, 0.3) is 0 Å². The van der Waals surface area contributed by atoms with Crippen LogP contribution in [-0.2, 0) is 67.9 Å². The highest BCUT2D eigenvalue weighted by molar-refractivity contribution is 5.90. The third kappa shape index (κ3) is 12.2. The van der Waals surface area contributed by atoms with Gasteiger partial charge in [-0.15, -0.1) is 0 Å². The second-order valence-corrected chi connectivity index (χ2v) is 14.5. The van der Waals surface area contributed by atoms with E-state index in [9.17, 15) is 4.79 Å². The van der Waals surface area contributed by atoms with Gasteiger partial charge in [-0.1, -0.05) is 158 Å². The maximum absolute atomic E-state index is 13.0. The molecule has 1 aliphatic rings. The number of rotatable bonds is 20. The van der Waals surface area contributed by atoms with Crippen molar-refractivity contribution in [2.75, 3.05) is 13.2 Å². The summed E-state index contributed by atoms with van der Waals surface area (Å²) in [5.74, 6) is 0.149. The highest BCUT2D eigenvalue weighted by Gasteiger charge is 2.48. The number of carbonyl (C=O) groups is 1. The standard InChI is InChI=1S/C51H52O8/c1-2-54-51(52)44-29-28-43(45(31-44)55-33-39-20-10-4-11-21-39)30-46-48(56-34-40-22-12-5-13-23-40)50(58-36-42-26-16-7-17-27-42)49(57-35-41-24-14-6-15-25-41)47(59-46)37-53-32-38-18-8-3-9-19-38/h3-29,31,46-50H,2,30,32-37H2,1H3/t46-,47+,48-,49+,50+/m0/s1. The molecule has 0 spiro atoms. The van der Waals surface area contributed by atoms with E-state index in [2.05, 4.69) is 12.1 Å². The van der Waals surface area contributed by atoms with Gasteiger partial charge in [0, 0.05) is 6.42 Å². The molecule has 7 rings (SSSR count). The summed E-state index contributed by atoms with van der Waals surface area (Å²) in [6.07, 6.45) is -2.40. The Morgan fingerprint density at radius 2 is 0.949 bits per heavy atom. The Labute approximate surface area is 347 Å². The monoisotopic (exact) mass is 792 g/mol. The van der Waals surface area contributed by atoms with Crippen LogP contribution < -0.4 is 4.74 Å². The highest BCUT2D eigenvalue weighted by atomic mass is 16.6. The molecule has 8 nitrogen and oxygen atoms in total. The molecule has 1 saturated heterocycles. The van der Waals surface area contributed by atoms with Crippen LogP contribution in [-0.4, -0.2) is 49.7 Å². The average Bonchev–Trinajstić information content (AvgIpc) is 3.29. The molecule has 0 aromatic heterocycles. The predicted molar refractivity (Wildman–Crippen MR) is 227 cm³/mol. The lowest BCUT2D eigenvalue weighted by Gasteiger charge is -2.46. The molecule has 304 valence electrons. The SMILES string of the molecule is CCOC(=O)c1ccc(C[C@@H]2O[C@H](COCc3ccccc3)[C@@H](OCc3ccccc3)[C@H](OCc3ccccc3)[C@H]2OCc2ccccc2)c(OCc2ccccc2)c1. The molecule has 1 heterocycles. The third-order valence-corrected chi connectivity index (χ3v) is 10.2. The lowest BCUT2D eigenvalue weighted by Crippen LogP contribution is -2.61. The molecule has 1 fully saturated rings. The molecule has 8 heteroatoms. The topological polar surface area (TPSA) is 81.7 Å². The summed E-state index contributed by atoms with van der Waals surface area (Å²) in [5.41, 5.74) is 6.40. The number of hydrogen-bond acceptors (Lipinski definition) is 8. The quantitative estimate of drug-likeness (QED) is 0.0708. The van der Waals surface area contributed by atoms with E-state index in [0.29, 0.717) is 50.8 Å². The van der Waals surface area contributed by atoms with Crippen molar-refractivity contribution < 1.29 is 38.0 Å². The fourth-order valence-electron chi connectivity index (χ4n) is 7.20. The minimum atomic E-state index is -0.586. The van der Waals surface area contributed by atoms with Crippen molar-refractivity contribution in [1.82, 2.24) is 0 Å². The van der Waals surface area contributed by atoms with Crippen LogP contribution in [0, 0.1) is 0 Å². The number of ether oxygens (including phenoxy) is 7. The van der Waals surface area contributed by atoms with Crippen LogP contribution in [0.15, 0.2) is 170 Å². The summed E-state index contributed by atoms with van der Waals surface area (Å²) >= 11 is 0. The van der Waals surface area contributed by atoms with Gasteiger partial charge in [0.2, 0.25) is 0 Å². The van der Waals surface area contributed by atoms with Crippen molar-refractivity contribution in [3.8, 4) is 5.75 Å². The summed E-state index contributed by atoms with van der Waals surface area (Å²) in [7, 11) is 0. The molecule has 6 aromatic rings. The normalized spacial score (nSPS) is 18.9. The Kier molecular flexibility index (Phi) is 15.5. The molecule has 5 atom stereocenters.